The minimum Gasteiger partial charge on any atom is -0.370 e. The van der Waals surface area contributed by atoms with E-state index in [1.165, 1.54) is 0 Å². The molecule has 1 saturated heterocycles. The summed E-state index contributed by atoms with van der Waals surface area (Å²) >= 11 is 0. The van der Waals surface area contributed by atoms with Gasteiger partial charge in [-0.25, -0.2) is 4.98 Å². The number of amides is 1. The third kappa shape index (κ3) is 3.17. The molecular weight excluding hydrogens is 218 g/mol. The fourth-order valence-electron chi connectivity index (χ4n) is 1.76. The Morgan fingerprint density at radius 3 is 3.06 bits per heavy atom. The molecule has 1 aliphatic heterocycles. The largest absolute Gasteiger partial charge is 0.370 e. The maximum Gasteiger partial charge on any atom is 0.253 e. The molecule has 1 aromatic heterocycles. The van der Waals surface area contributed by atoms with Crippen LogP contribution in [0.25, 0.3) is 0 Å². The molecule has 0 radical (unpaired) electrons. The Morgan fingerprint density at radius 2 is 2.47 bits per heavy atom. The average Bonchev–Trinajstić information content (AvgIpc) is 2.86. The van der Waals surface area contributed by atoms with Gasteiger partial charge in [0.1, 0.15) is 11.9 Å². The summed E-state index contributed by atoms with van der Waals surface area (Å²) < 4.78 is 5.30. The number of nitrogens with zero attached hydrogens (tertiary/aromatic N) is 1. The first-order chi connectivity index (χ1) is 8.29. The van der Waals surface area contributed by atoms with E-state index in [-0.39, 0.29) is 12.0 Å². The fraction of sp³-hybridized carbons (Fsp3) is 0.500. The van der Waals surface area contributed by atoms with Gasteiger partial charge in [-0.15, -0.1) is 0 Å². The van der Waals surface area contributed by atoms with Gasteiger partial charge in [0.2, 0.25) is 0 Å². The van der Waals surface area contributed by atoms with Crippen molar-refractivity contribution in [2.24, 2.45) is 0 Å². The third-order valence-corrected chi connectivity index (χ3v) is 2.61. The lowest BCUT2D eigenvalue weighted by molar-refractivity contribution is -0.124. The van der Waals surface area contributed by atoms with Crippen molar-refractivity contribution < 1.29 is 9.53 Å². The predicted octanol–water partition coefficient (Wildman–Crippen LogP) is 1.63. The molecule has 17 heavy (non-hydrogen) atoms. The summed E-state index contributed by atoms with van der Waals surface area (Å²) in [5, 5.41) is 5.89. The Morgan fingerprint density at radius 1 is 1.59 bits per heavy atom. The number of nitrogens with one attached hydrogen (secondary N) is 2. The van der Waals surface area contributed by atoms with Gasteiger partial charge >= 0.3 is 0 Å². The van der Waals surface area contributed by atoms with E-state index < -0.39 is 0 Å². The smallest absolute Gasteiger partial charge is 0.253 e. The zero-order chi connectivity index (χ0) is 12.1. The molecule has 1 atom stereocenters. The molecule has 0 aromatic carbocycles. The van der Waals surface area contributed by atoms with Crippen molar-refractivity contribution in [3.63, 3.8) is 0 Å². The molecule has 1 unspecified atom stereocenters. The van der Waals surface area contributed by atoms with Crippen LogP contribution in [0.2, 0.25) is 0 Å². The molecule has 2 heterocycles. The zero-order valence-electron chi connectivity index (χ0n) is 9.90. The molecule has 1 amide bonds. The molecule has 5 heteroatoms. The van der Waals surface area contributed by atoms with Gasteiger partial charge in [0.05, 0.1) is 11.9 Å². The van der Waals surface area contributed by atoms with Crippen LogP contribution in [-0.2, 0) is 9.53 Å². The van der Waals surface area contributed by atoms with Crippen molar-refractivity contribution in [1.82, 2.24) is 4.98 Å². The summed E-state index contributed by atoms with van der Waals surface area (Å²) in [6, 6.07) is 3.67. The minimum atomic E-state index is -0.302. The molecule has 0 saturated carbocycles. The van der Waals surface area contributed by atoms with E-state index >= 15 is 0 Å². The average molecular weight is 235 g/mol. The molecule has 2 N–H and O–H groups in total. The first-order valence-corrected chi connectivity index (χ1v) is 5.92. The van der Waals surface area contributed by atoms with Crippen LogP contribution < -0.4 is 10.6 Å². The molecular formula is C12H17N3O2. The monoisotopic (exact) mass is 235 g/mol. The lowest BCUT2D eigenvalue weighted by atomic mass is 10.2. The molecule has 1 aliphatic rings. The van der Waals surface area contributed by atoms with E-state index in [0.29, 0.717) is 12.3 Å². The van der Waals surface area contributed by atoms with E-state index in [9.17, 15) is 4.79 Å². The normalized spacial score (nSPS) is 19.0. The van der Waals surface area contributed by atoms with E-state index in [1.54, 1.807) is 6.20 Å². The summed E-state index contributed by atoms with van der Waals surface area (Å²) in [5.74, 6) is 0.725. The molecule has 1 aromatic rings. The van der Waals surface area contributed by atoms with Crippen molar-refractivity contribution in [2.75, 3.05) is 23.8 Å². The number of hydrogen-bond acceptors (Lipinski definition) is 4. The zero-order valence-corrected chi connectivity index (χ0v) is 9.90. The number of pyridine rings is 1. The van der Waals surface area contributed by atoms with Crippen molar-refractivity contribution in [2.45, 2.75) is 25.9 Å². The summed E-state index contributed by atoms with van der Waals surface area (Å²) in [4.78, 5) is 15.9. The number of carbonyl (C=O) groups is 1. The van der Waals surface area contributed by atoms with Crippen LogP contribution in [0.1, 0.15) is 19.8 Å². The Balaban J connectivity index is 1.91. The standard InChI is InChI=1S/C12H17N3O2/c1-2-13-11-6-5-9(8-14-11)15-12(16)10-4-3-7-17-10/h5-6,8,10H,2-4,7H2,1H3,(H,13,14)(H,15,16). The van der Waals surface area contributed by atoms with Crippen LogP contribution in [0.15, 0.2) is 18.3 Å². The maximum absolute atomic E-state index is 11.7. The van der Waals surface area contributed by atoms with Gasteiger partial charge in [-0.1, -0.05) is 0 Å². The summed E-state index contributed by atoms with van der Waals surface area (Å²) in [6.07, 6.45) is 3.10. The van der Waals surface area contributed by atoms with Crippen molar-refractivity contribution >= 4 is 17.4 Å². The molecule has 2 rings (SSSR count). The van der Waals surface area contributed by atoms with E-state index in [1.807, 2.05) is 19.1 Å². The molecule has 0 spiro atoms. The highest BCUT2D eigenvalue weighted by atomic mass is 16.5. The number of hydrogen-bond donors (Lipinski definition) is 2. The van der Waals surface area contributed by atoms with Crippen LogP contribution in [0.5, 0.6) is 0 Å². The molecule has 5 nitrogen and oxygen atoms in total. The highest BCUT2D eigenvalue weighted by Crippen LogP contribution is 2.15. The van der Waals surface area contributed by atoms with Gasteiger partial charge in [-0.2, -0.15) is 0 Å². The Hall–Kier alpha value is -1.62. The summed E-state index contributed by atoms with van der Waals surface area (Å²) in [7, 11) is 0. The fourth-order valence-corrected chi connectivity index (χ4v) is 1.76. The van der Waals surface area contributed by atoms with Gasteiger partial charge in [-0.3, -0.25) is 4.79 Å². The van der Waals surface area contributed by atoms with Crippen molar-refractivity contribution in [1.29, 1.82) is 0 Å². The Labute approximate surface area is 101 Å². The van der Waals surface area contributed by atoms with Crippen molar-refractivity contribution in [3.05, 3.63) is 18.3 Å². The number of carbonyl (C=O) groups excluding carboxylic acids is 1. The van der Waals surface area contributed by atoms with Gasteiger partial charge in [0, 0.05) is 13.2 Å². The van der Waals surface area contributed by atoms with E-state index in [2.05, 4.69) is 15.6 Å². The van der Waals surface area contributed by atoms with Crippen LogP contribution >= 0.6 is 0 Å². The lowest BCUT2D eigenvalue weighted by Gasteiger charge is -2.10. The number of ether oxygens (including phenoxy) is 1. The second-order valence-electron chi connectivity index (χ2n) is 3.95. The summed E-state index contributed by atoms with van der Waals surface area (Å²) in [5.41, 5.74) is 0.701. The predicted molar refractivity (Wildman–Crippen MR) is 66.0 cm³/mol. The quantitative estimate of drug-likeness (QED) is 0.832. The van der Waals surface area contributed by atoms with Crippen molar-refractivity contribution in [3.8, 4) is 0 Å². The Kier molecular flexibility index (Phi) is 3.93. The maximum atomic E-state index is 11.7. The SMILES string of the molecule is CCNc1ccc(NC(=O)C2CCCO2)cn1. The number of anilines is 2. The highest BCUT2D eigenvalue weighted by molar-refractivity contribution is 5.94. The Bertz CT molecular complexity index is 372. The topological polar surface area (TPSA) is 63.2 Å². The molecule has 1 fully saturated rings. The van der Waals surface area contributed by atoms with E-state index in [0.717, 1.165) is 25.2 Å². The molecule has 92 valence electrons. The van der Waals surface area contributed by atoms with Crippen LogP contribution in [0.4, 0.5) is 11.5 Å². The van der Waals surface area contributed by atoms with Gasteiger partial charge in [0.15, 0.2) is 0 Å². The molecule has 0 bridgehead atoms. The number of rotatable bonds is 4. The second kappa shape index (κ2) is 5.63. The van der Waals surface area contributed by atoms with Crippen LogP contribution in [-0.4, -0.2) is 30.1 Å². The first kappa shape index (κ1) is 11.9. The lowest BCUT2D eigenvalue weighted by Crippen LogP contribution is -2.26. The second-order valence-corrected chi connectivity index (χ2v) is 3.95. The minimum absolute atomic E-state index is 0.0829. The summed E-state index contributed by atoms with van der Waals surface area (Å²) in [6.45, 7) is 3.51. The van der Waals surface area contributed by atoms with Crippen LogP contribution in [0, 0.1) is 0 Å². The van der Waals surface area contributed by atoms with E-state index in [4.69, 9.17) is 4.74 Å². The van der Waals surface area contributed by atoms with Gasteiger partial charge in [0.25, 0.3) is 5.91 Å². The van der Waals surface area contributed by atoms with Crippen LogP contribution in [0.3, 0.4) is 0 Å². The van der Waals surface area contributed by atoms with Gasteiger partial charge in [-0.05, 0) is 31.9 Å². The number of aromatic nitrogens is 1. The molecule has 0 aliphatic carbocycles. The highest BCUT2D eigenvalue weighted by Gasteiger charge is 2.23. The first-order valence-electron chi connectivity index (χ1n) is 5.92. The van der Waals surface area contributed by atoms with Gasteiger partial charge < -0.3 is 15.4 Å². The third-order valence-electron chi connectivity index (χ3n) is 2.61.